The highest BCUT2D eigenvalue weighted by Crippen LogP contribution is 2.17. The molecule has 0 saturated carbocycles. The van der Waals surface area contributed by atoms with Crippen LogP contribution in [0.2, 0.25) is 0 Å². The first kappa shape index (κ1) is 25.1. The number of carbonyl (C=O) groups is 2. The van der Waals surface area contributed by atoms with Gasteiger partial charge in [-0.05, 0) is 41.8 Å². The molecule has 6 heteroatoms. The first-order valence-electron chi connectivity index (χ1n) is 11.9. The second kappa shape index (κ2) is 12.6. The van der Waals surface area contributed by atoms with E-state index in [0.29, 0.717) is 32.6 Å². The lowest BCUT2D eigenvalue weighted by Crippen LogP contribution is -2.42. The van der Waals surface area contributed by atoms with Gasteiger partial charge in [-0.2, -0.15) is 0 Å². The number of nitrogens with zero attached hydrogens (tertiary/aromatic N) is 3. The van der Waals surface area contributed by atoms with Crippen molar-refractivity contribution >= 4 is 11.8 Å². The molecule has 3 aromatic rings. The van der Waals surface area contributed by atoms with Crippen molar-refractivity contribution in [2.24, 2.45) is 0 Å². The van der Waals surface area contributed by atoms with Crippen LogP contribution in [-0.4, -0.2) is 46.4 Å². The lowest BCUT2D eigenvalue weighted by atomic mass is 10.2. The Kier molecular flexibility index (Phi) is 9.32. The normalized spacial score (nSPS) is 10.7. The van der Waals surface area contributed by atoms with Gasteiger partial charge >= 0.3 is 0 Å². The van der Waals surface area contributed by atoms with Crippen molar-refractivity contribution < 1.29 is 14.3 Å². The van der Waals surface area contributed by atoms with Crippen LogP contribution >= 0.6 is 0 Å². The van der Waals surface area contributed by atoms with Crippen molar-refractivity contribution in [1.82, 2.24) is 14.4 Å². The Morgan fingerprint density at radius 1 is 0.853 bits per heavy atom. The molecule has 0 aliphatic carbocycles. The van der Waals surface area contributed by atoms with E-state index in [4.69, 9.17) is 4.74 Å². The smallest absolute Gasteiger partial charge is 0.242 e. The Morgan fingerprint density at radius 3 is 2.32 bits per heavy atom. The molecule has 0 unspecified atom stereocenters. The van der Waals surface area contributed by atoms with Crippen LogP contribution in [0.5, 0.6) is 5.75 Å². The van der Waals surface area contributed by atoms with Crippen molar-refractivity contribution in [3.05, 3.63) is 89.7 Å². The molecule has 0 N–H and O–H groups in total. The predicted molar refractivity (Wildman–Crippen MR) is 134 cm³/mol. The Balaban J connectivity index is 1.81. The summed E-state index contributed by atoms with van der Waals surface area (Å²) in [4.78, 5) is 29.3. The van der Waals surface area contributed by atoms with Crippen molar-refractivity contribution in [3.8, 4) is 5.75 Å². The maximum Gasteiger partial charge on any atom is 0.242 e. The molecule has 0 spiro atoms. The third-order valence-corrected chi connectivity index (χ3v) is 5.81. The van der Waals surface area contributed by atoms with Crippen LogP contribution in [0.4, 0.5) is 0 Å². The lowest BCUT2D eigenvalue weighted by molar-refractivity contribution is -0.141. The van der Waals surface area contributed by atoms with Gasteiger partial charge in [0.15, 0.2) is 0 Å². The van der Waals surface area contributed by atoms with Crippen molar-refractivity contribution in [1.29, 1.82) is 0 Å². The number of benzene rings is 2. The van der Waals surface area contributed by atoms with Crippen LogP contribution in [0.1, 0.15) is 43.5 Å². The monoisotopic (exact) mass is 461 g/mol. The quantitative estimate of drug-likeness (QED) is 0.392. The molecule has 0 aliphatic rings. The SMILES string of the molecule is CCCN(CC(=O)N(Cc1ccccc1)Cc1cccn1Cc1cccc(OC)c1)C(=O)CC. The summed E-state index contributed by atoms with van der Waals surface area (Å²) in [6, 6.07) is 22.0. The van der Waals surface area contributed by atoms with E-state index >= 15 is 0 Å². The second-order valence-electron chi connectivity index (χ2n) is 8.38. The summed E-state index contributed by atoms with van der Waals surface area (Å²) in [7, 11) is 1.67. The summed E-state index contributed by atoms with van der Waals surface area (Å²) in [5.74, 6) is 0.785. The number of carbonyl (C=O) groups excluding carboxylic acids is 2. The zero-order chi connectivity index (χ0) is 24.3. The number of methoxy groups -OCH3 is 1. The second-order valence-corrected chi connectivity index (χ2v) is 8.38. The lowest BCUT2D eigenvalue weighted by Gasteiger charge is -2.28. The summed E-state index contributed by atoms with van der Waals surface area (Å²) in [5.41, 5.74) is 3.22. The van der Waals surface area contributed by atoms with Crippen LogP contribution < -0.4 is 4.74 Å². The number of aromatic nitrogens is 1. The fraction of sp³-hybridized carbons (Fsp3) is 0.357. The fourth-order valence-corrected chi connectivity index (χ4v) is 4.00. The Bertz CT molecular complexity index is 1060. The molecule has 2 aromatic carbocycles. The Labute approximate surface area is 202 Å². The number of ether oxygens (including phenoxy) is 1. The Hall–Kier alpha value is -3.54. The third-order valence-electron chi connectivity index (χ3n) is 5.81. The number of amides is 2. The molecule has 6 nitrogen and oxygen atoms in total. The molecular weight excluding hydrogens is 426 g/mol. The van der Waals surface area contributed by atoms with Gasteiger partial charge < -0.3 is 19.1 Å². The van der Waals surface area contributed by atoms with E-state index in [1.54, 1.807) is 12.0 Å². The molecule has 0 bridgehead atoms. The van der Waals surface area contributed by atoms with Crippen molar-refractivity contribution in [3.63, 3.8) is 0 Å². The van der Waals surface area contributed by atoms with Crippen LogP contribution in [0.15, 0.2) is 72.9 Å². The molecule has 1 heterocycles. The molecular formula is C28H35N3O3. The van der Waals surface area contributed by atoms with Gasteiger partial charge in [0.05, 0.1) is 20.2 Å². The fourth-order valence-electron chi connectivity index (χ4n) is 4.00. The molecule has 1 aromatic heterocycles. The summed E-state index contributed by atoms with van der Waals surface area (Å²) in [6.45, 7) is 6.18. The van der Waals surface area contributed by atoms with Crippen LogP contribution in [-0.2, 0) is 29.2 Å². The summed E-state index contributed by atoms with van der Waals surface area (Å²) in [5, 5.41) is 0. The van der Waals surface area contributed by atoms with Crippen LogP contribution in [0.3, 0.4) is 0 Å². The topological polar surface area (TPSA) is 54.8 Å². The highest BCUT2D eigenvalue weighted by Gasteiger charge is 2.21. The number of hydrogen-bond donors (Lipinski definition) is 0. The van der Waals surface area contributed by atoms with Gasteiger partial charge in [0, 0.05) is 37.9 Å². The zero-order valence-corrected chi connectivity index (χ0v) is 20.4. The predicted octanol–water partition coefficient (Wildman–Crippen LogP) is 4.72. The summed E-state index contributed by atoms with van der Waals surface area (Å²) >= 11 is 0. The van der Waals surface area contributed by atoms with E-state index in [-0.39, 0.29) is 18.4 Å². The minimum absolute atomic E-state index is 0.0104. The molecule has 3 rings (SSSR count). The minimum Gasteiger partial charge on any atom is -0.497 e. The van der Waals surface area contributed by atoms with E-state index in [9.17, 15) is 9.59 Å². The molecule has 0 saturated heterocycles. The highest BCUT2D eigenvalue weighted by atomic mass is 16.5. The minimum atomic E-state index is -0.0479. The first-order valence-corrected chi connectivity index (χ1v) is 11.9. The van der Waals surface area contributed by atoms with Gasteiger partial charge in [-0.25, -0.2) is 0 Å². The average Bonchev–Trinajstić information content (AvgIpc) is 3.29. The van der Waals surface area contributed by atoms with Crippen LogP contribution in [0.25, 0.3) is 0 Å². The largest absolute Gasteiger partial charge is 0.497 e. The Morgan fingerprint density at radius 2 is 1.62 bits per heavy atom. The standard InChI is InChI=1S/C28H35N3O3/c1-4-16-30(27(32)5-2)22-28(33)31(19-23-11-7-6-8-12-23)21-25-14-10-17-29(25)20-24-13-9-15-26(18-24)34-3/h6-15,17-18H,4-5,16,19-22H2,1-3H3. The number of hydrogen-bond acceptors (Lipinski definition) is 3. The van der Waals surface area contributed by atoms with Gasteiger partial charge in [0.25, 0.3) is 0 Å². The molecule has 0 aliphatic heterocycles. The molecule has 2 amide bonds. The summed E-state index contributed by atoms with van der Waals surface area (Å²) in [6.07, 6.45) is 3.25. The first-order chi connectivity index (χ1) is 16.5. The molecule has 0 atom stereocenters. The van der Waals surface area contributed by atoms with E-state index in [1.165, 1.54) is 0 Å². The maximum absolute atomic E-state index is 13.4. The maximum atomic E-state index is 13.4. The molecule has 0 radical (unpaired) electrons. The van der Waals surface area contributed by atoms with Gasteiger partial charge in [-0.15, -0.1) is 0 Å². The molecule has 34 heavy (non-hydrogen) atoms. The van der Waals surface area contributed by atoms with Gasteiger partial charge in [0.1, 0.15) is 5.75 Å². The third kappa shape index (κ3) is 6.98. The molecule has 0 fully saturated rings. The average molecular weight is 462 g/mol. The van der Waals surface area contributed by atoms with Crippen molar-refractivity contribution in [2.75, 3.05) is 20.2 Å². The van der Waals surface area contributed by atoms with E-state index in [2.05, 4.69) is 10.6 Å². The zero-order valence-electron chi connectivity index (χ0n) is 20.4. The van der Waals surface area contributed by atoms with Gasteiger partial charge in [0.2, 0.25) is 11.8 Å². The van der Waals surface area contributed by atoms with Crippen LogP contribution in [0, 0.1) is 0 Å². The van der Waals surface area contributed by atoms with Crippen molar-refractivity contribution in [2.45, 2.75) is 46.3 Å². The summed E-state index contributed by atoms with van der Waals surface area (Å²) < 4.78 is 7.51. The number of rotatable bonds is 12. The van der Waals surface area contributed by atoms with E-state index in [0.717, 1.165) is 29.0 Å². The van der Waals surface area contributed by atoms with E-state index in [1.807, 2.05) is 85.6 Å². The van der Waals surface area contributed by atoms with Gasteiger partial charge in [-0.3, -0.25) is 9.59 Å². The van der Waals surface area contributed by atoms with Gasteiger partial charge in [-0.1, -0.05) is 56.3 Å². The highest BCUT2D eigenvalue weighted by molar-refractivity contribution is 5.84. The van der Waals surface area contributed by atoms with E-state index < -0.39 is 0 Å². The molecule has 180 valence electrons.